The molecular weight excluding hydrogens is 430 g/mol. The molecule has 174 valence electrons. The Kier molecular flexibility index (Phi) is 5.70. The molecule has 2 heterocycles. The van der Waals surface area contributed by atoms with E-state index in [9.17, 15) is 10.1 Å². The van der Waals surface area contributed by atoms with Crippen LogP contribution in [0.4, 0.5) is 4.79 Å². The van der Waals surface area contributed by atoms with Crippen molar-refractivity contribution in [2.24, 2.45) is 5.92 Å². The number of nitriles is 1. The first-order valence-corrected chi connectivity index (χ1v) is 11.7. The summed E-state index contributed by atoms with van der Waals surface area (Å²) in [6, 6.07) is 13.4. The van der Waals surface area contributed by atoms with Gasteiger partial charge < -0.3 is 19.5 Å². The van der Waals surface area contributed by atoms with Crippen LogP contribution in [0.2, 0.25) is 0 Å². The van der Waals surface area contributed by atoms with Crippen LogP contribution in [-0.2, 0) is 6.42 Å². The zero-order chi connectivity index (χ0) is 23.8. The number of hydrogen-bond donors (Lipinski definition) is 1. The quantitative estimate of drug-likeness (QED) is 0.595. The van der Waals surface area contributed by atoms with Crippen molar-refractivity contribution in [3.63, 3.8) is 0 Å². The van der Waals surface area contributed by atoms with Crippen molar-refractivity contribution in [2.75, 3.05) is 13.1 Å². The summed E-state index contributed by atoms with van der Waals surface area (Å²) in [6.07, 6.45) is 1.64. The number of amides is 2. The monoisotopic (exact) mass is 457 g/mol. The molecule has 0 spiro atoms. The highest BCUT2D eigenvalue weighted by atomic mass is 16.5. The minimum atomic E-state index is -0.0313. The minimum absolute atomic E-state index is 0.00129. The lowest BCUT2D eigenvalue weighted by atomic mass is 10.0. The van der Waals surface area contributed by atoms with Gasteiger partial charge in [0.15, 0.2) is 0 Å². The molecule has 1 aromatic heterocycles. The number of carbonyl (C=O) groups excluding carboxylic acids is 1. The average molecular weight is 458 g/mol. The number of nitrogens with zero attached hydrogens (tertiary/aromatic N) is 4. The first-order chi connectivity index (χ1) is 16.4. The van der Waals surface area contributed by atoms with E-state index in [1.165, 1.54) is 0 Å². The number of hydrogen-bond acceptors (Lipinski definition) is 6. The fourth-order valence-electron chi connectivity index (χ4n) is 4.68. The number of likely N-dealkylation sites (tertiary alicyclic amines) is 1. The van der Waals surface area contributed by atoms with Crippen LogP contribution in [0.5, 0.6) is 5.75 Å². The largest absolute Gasteiger partial charge is 0.490 e. The molecule has 0 radical (unpaired) electrons. The third-order valence-corrected chi connectivity index (χ3v) is 6.30. The smallest absolute Gasteiger partial charge is 0.317 e. The number of aromatic nitrogens is 2. The SMILES string of the molecule is CC1CN(C(=O)NC2CCc3c(-c4noc(-c5ccc(OC(C)C)c(C#N)c5)n4)cccc32)C1. The van der Waals surface area contributed by atoms with Crippen molar-refractivity contribution >= 4 is 6.03 Å². The first kappa shape index (κ1) is 22.0. The van der Waals surface area contributed by atoms with Gasteiger partial charge in [0, 0.05) is 24.2 Å². The molecule has 34 heavy (non-hydrogen) atoms. The predicted octanol–water partition coefficient (Wildman–Crippen LogP) is 4.71. The fourth-order valence-corrected chi connectivity index (χ4v) is 4.68. The molecule has 1 fully saturated rings. The number of ether oxygens (including phenoxy) is 1. The molecule has 3 aromatic rings. The molecule has 1 aliphatic heterocycles. The second kappa shape index (κ2) is 8.82. The maximum absolute atomic E-state index is 12.5. The second-order valence-corrected chi connectivity index (χ2v) is 9.34. The van der Waals surface area contributed by atoms with Crippen molar-refractivity contribution in [3.8, 4) is 34.7 Å². The van der Waals surface area contributed by atoms with Crippen molar-refractivity contribution in [1.82, 2.24) is 20.4 Å². The third-order valence-electron chi connectivity index (χ3n) is 6.30. The lowest BCUT2D eigenvalue weighted by Gasteiger charge is -2.37. The summed E-state index contributed by atoms with van der Waals surface area (Å²) in [5.74, 6) is 1.94. The van der Waals surface area contributed by atoms with Crippen molar-refractivity contribution < 1.29 is 14.1 Å². The molecule has 1 saturated heterocycles. The molecule has 0 saturated carbocycles. The maximum Gasteiger partial charge on any atom is 0.317 e. The second-order valence-electron chi connectivity index (χ2n) is 9.34. The Morgan fingerprint density at radius 2 is 2.12 bits per heavy atom. The molecule has 8 nitrogen and oxygen atoms in total. The Labute approximate surface area is 198 Å². The summed E-state index contributed by atoms with van der Waals surface area (Å²) in [7, 11) is 0. The van der Waals surface area contributed by atoms with Crippen molar-refractivity contribution in [2.45, 2.75) is 45.8 Å². The normalized spacial score (nSPS) is 17.3. The zero-order valence-electron chi connectivity index (χ0n) is 19.5. The Bertz CT molecular complexity index is 1270. The molecular formula is C26H27N5O3. The number of urea groups is 1. The summed E-state index contributed by atoms with van der Waals surface area (Å²) in [6.45, 7) is 7.61. The molecule has 1 unspecified atom stereocenters. The Morgan fingerprint density at radius 1 is 1.29 bits per heavy atom. The number of nitrogens with one attached hydrogen (secondary N) is 1. The van der Waals surface area contributed by atoms with Gasteiger partial charge in [0.2, 0.25) is 5.82 Å². The Balaban J connectivity index is 1.38. The summed E-state index contributed by atoms with van der Waals surface area (Å²) in [5.41, 5.74) is 4.22. The molecule has 2 aliphatic rings. The predicted molar refractivity (Wildman–Crippen MR) is 126 cm³/mol. The maximum atomic E-state index is 12.5. The average Bonchev–Trinajstić information content (AvgIpc) is 3.44. The van der Waals surface area contributed by atoms with E-state index in [0.29, 0.717) is 34.5 Å². The van der Waals surface area contributed by atoms with Gasteiger partial charge in [0.1, 0.15) is 11.8 Å². The van der Waals surface area contributed by atoms with Crippen molar-refractivity contribution in [1.29, 1.82) is 5.26 Å². The Hall–Kier alpha value is -3.86. The van der Waals surface area contributed by atoms with Gasteiger partial charge in [-0.15, -0.1) is 0 Å². The van der Waals surface area contributed by atoms with E-state index in [4.69, 9.17) is 9.26 Å². The van der Waals surface area contributed by atoms with E-state index < -0.39 is 0 Å². The van der Waals surface area contributed by atoms with E-state index in [0.717, 1.165) is 42.6 Å². The van der Waals surface area contributed by atoms with E-state index in [-0.39, 0.29) is 18.2 Å². The highest BCUT2D eigenvalue weighted by molar-refractivity contribution is 5.76. The van der Waals surface area contributed by atoms with Crippen LogP contribution in [0.15, 0.2) is 40.9 Å². The fraction of sp³-hybridized carbons (Fsp3) is 0.385. The van der Waals surface area contributed by atoms with Gasteiger partial charge in [0.25, 0.3) is 5.89 Å². The molecule has 1 atom stereocenters. The van der Waals surface area contributed by atoms with Crippen LogP contribution in [-0.4, -0.2) is 40.3 Å². The van der Waals surface area contributed by atoms with Gasteiger partial charge in [-0.05, 0) is 61.9 Å². The van der Waals surface area contributed by atoms with Gasteiger partial charge in [-0.25, -0.2) is 4.79 Å². The highest BCUT2D eigenvalue weighted by Gasteiger charge is 2.32. The molecule has 2 amide bonds. The van der Waals surface area contributed by atoms with Gasteiger partial charge in [-0.2, -0.15) is 10.2 Å². The minimum Gasteiger partial charge on any atom is -0.490 e. The molecule has 8 heteroatoms. The topological polar surface area (TPSA) is 104 Å². The van der Waals surface area contributed by atoms with E-state index in [1.54, 1.807) is 12.1 Å². The van der Waals surface area contributed by atoms with E-state index in [1.807, 2.05) is 36.9 Å². The lowest BCUT2D eigenvalue weighted by molar-refractivity contribution is 0.127. The van der Waals surface area contributed by atoms with E-state index >= 15 is 0 Å². The number of carbonyl (C=O) groups is 1. The van der Waals surface area contributed by atoms with Crippen LogP contribution in [0.25, 0.3) is 22.8 Å². The van der Waals surface area contributed by atoms with Crippen molar-refractivity contribution in [3.05, 3.63) is 53.1 Å². The summed E-state index contributed by atoms with van der Waals surface area (Å²) >= 11 is 0. The molecule has 1 aliphatic carbocycles. The first-order valence-electron chi connectivity index (χ1n) is 11.7. The lowest BCUT2D eigenvalue weighted by Crippen LogP contribution is -2.53. The van der Waals surface area contributed by atoms with Gasteiger partial charge in [-0.3, -0.25) is 0 Å². The van der Waals surface area contributed by atoms with Gasteiger partial charge in [-0.1, -0.05) is 30.3 Å². The van der Waals surface area contributed by atoms with E-state index in [2.05, 4.69) is 34.5 Å². The summed E-state index contributed by atoms with van der Waals surface area (Å²) in [5, 5.41) is 16.9. The molecule has 5 rings (SSSR count). The third kappa shape index (κ3) is 4.10. The number of fused-ring (bicyclic) bond motifs is 1. The van der Waals surface area contributed by atoms with Crippen LogP contribution >= 0.6 is 0 Å². The van der Waals surface area contributed by atoms with Crippen LogP contribution in [0, 0.1) is 17.2 Å². The van der Waals surface area contributed by atoms with Crippen LogP contribution in [0.3, 0.4) is 0 Å². The summed E-state index contributed by atoms with van der Waals surface area (Å²) in [4.78, 5) is 19.0. The van der Waals surface area contributed by atoms with Crippen LogP contribution < -0.4 is 10.1 Å². The number of benzene rings is 2. The molecule has 0 bridgehead atoms. The highest BCUT2D eigenvalue weighted by Crippen LogP contribution is 2.38. The van der Waals surface area contributed by atoms with Crippen LogP contribution in [0.1, 0.15) is 49.9 Å². The number of rotatable bonds is 5. The molecule has 1 N–H and O–H groups in total. The standard InChI is InChI=1S/C26H27N5O3/c1-15(2)33-23-10-7-17(11-18(23)12-27)25-29-24(30-34-25)21-6-4-5-20-19(21)8-9-22(20)28-26(32)31-13-16(3)14-31/h4-7,10-11,15-16,22H,8-9,13-14H2,1-3H3,(H,28,32). The van der Waals surface area contributed by atoms with Gasteiger partial charge >= 0.3 is 6.03 Å². The van der Waals surface area contributed by atoms with Gasteiger partial charge in [0.05, 0.1) is 17.7 Å². The summed E-state index contributed by atoms with van der Waals surface area (Å²) < 4.78 is 11.3. The Morgan fingerprint density at radius 3 is 2.85 bits per heavy atom. The zero-order valence-corrected chi connectivity index (χ0v) is 19.5. The molecule has 2 aromatic carbocycles.